The van der Waals surface area contributed by atoms with Crippen LogP contribution in [-0.4, -0.2) is 34.5 Å². The van der Waals surface area contributed by atoms with Crippen LogP contribution in [0.1, 0.15) is 57.2 Å². The highest BCUT2D eigenvalue weighted by Crippen LogP contribution is 2.21. The fourth-order valence-electron chi connectivity index (χ4n) is 3.20. The summed E-state index contributed by atoms with van der Waals surface area (Å²) in [6.45, 7) is 9.48. The number of aromatic amines is 1. The normalized spacial score (nSPS) is 11.0. The molecule has 0 spiro atoms. The highest BCUT2D eigenvalue weighted by Gasteiger charge is 2.23. The average molecular weight is 409 g/mol. The van der Waals surface area contributed by atoms with Crippen LogP contribution in [0.4, 0.5) is 0 Å². The Morgan fingerprint density at radius 2 is 1.87 bits per heavy atom. The van der Waals surface area contributed by atoms with Crippen molar-refractivity contribution in [2.24, 2.45) is 0 Å². The maximum absolute atomic E-state index is 12.6. The van der Waals surface area contributed by atoms with Crippen molar-refractivity contribution in [1.82, 2.24) is 15.3 Å². The van der Waals surface area contributed by atoms with E-state index in [9.17, 15) is 9.59 Å². The van der Waals surface area contributed by atoms with Crippen molar-refractivity contribution in [2.45, 2.75) is 47.1 Å². The maximum Gasteiger partial charge on any atom is 0.340 e. The summed E-state index contributed by atoms with van der Waals surface area (Å²) < 4.78 is 10.8. The molecule has 0 fully saturated rings. The van der Waals surface area contributed by atoms with Gasteiger partial charge in [-0.25, -0.2) is 9.78 Å². The molecular formula is C23H27N3O4. The summed E-state index contributed by atoms with van der Waals surface area (Å²) in [6, 6.07) is 7.94. The van der Waals surface area contributed by atoms with Gasteiger partial charge in [-0.1, -0.05) is 17.7 Å². The second-order valence-corrected chi connectivity index (χ2v) is 7.59. The number of nitrogens with zero attached hydrogens (tertiary/aromatic N) is 1. The van der Waals surface area contributed by atoms with Crippen LogP contribution in [0, 0.1) is 20.8 Å². The lowest BCUT2D eigenvalue weighted by atomic mass is 10.1. The van der Waals surface area contributed by atoms with Crippen molar-refractivity contribution >= 4 is 11.9 Å². The second-order valence-electron chi connectivity index (χ2n) is 7.59. The number of H-pyrrole nitrogens is 1. The van der Waals surface area contributed by atoms with Crippen LogP contribution in [-0.2, 0) is 11.2 Å². The molecule has 2 N–H and O–H groups in total. The van der Waals surface area contributed by atoms with E-state index < -0.39 is 5.97 Å². The number of benzene rings is 1. The Bertz CT molecular complexity index is 1050. The van der Waals surface area contributed by atoms with E-state index in [2.05, 4.69) is 15.3 Å². The fourth-order valence-corrected chi connectivity index (χ4v) is 3.20. The predicted octanol–water partition coefficient (Wildman–Crippen LogP) is 4.13. The van der Waals surface area contributed by atoms with Gasteiger partial charge in [0.15, 0.2) is 0 Å². The molecule has 3 aromatic rings. The fraction of sp³-hybridized carbons (Fsp3) is 0.348. The topological polar surface area (TPSA) is 97.2 Å². The molecule has 30 heavy (non-hydrogen) atoms. The van der Waals surface area contributed by atoms with E-state index in [4.69, 9.17) is 9.15 Å². The second kappa shape index (κ2) is 8.98. The van der Waals surface area contributed by atoms with E-state index >= 15 is 0 Å². The van der Waals surface area contributed by atoms with Crippen molar-refractivity contribution in [1.29, 1.82) is 0 Å². The third-order valence-electron chi connectivity index (χ3n) is 4.73. The molecule has 0 atom stereocenters. The van der Waals surface area contributed by atoms with Crippen molar-refractivity contribution in [3.8, 4) is 11.5 Å². The number of hydrogen-bond donors (Lipinski definition) is 2. The first-order valence-electron chi connectivity index (χ1n) is 9.96. The minimum Gasteiger partial charge on any atom is -0.459 e. The first-order valence-corrected chi connectivity index (χ1v) is 9.96. The SMILES string of the molecule is Cc1ccc(-c2nc(CCNC(=O)c3[nH]c(C)c(C(=O)OC(C)C)c3C)co2)cc1. The quantitative estimate of drug-likeness (QED) is 0.572. The van der Waals surface area contributed by atoms with Gasteiger partial charge in [0.2, 0.25) is 5.89 Å². The zero-order chi connectivity index (χ0) is 21.8. The third-order valence-corrected chi connectivity index (χ3v) is 4.73. The Balaban J connectivity index is 1.60. The van der Waals surface area contributed by atoms with E-state index in [1.54, 1.807) is 34.0 Å². The number of esters is 1. The summed E-state index contributed by atoms with van der Waals surface area (Å²) in [4.78, 5) is 32.3. The van der Waals surface area contributed by atoms with E-state index in [1.165, 1.54) is 5.56 Å². The number of ether oxygens (including phenoxy) is 1. The monoisotopic (exact) mass is 409 g/mol. The Labute approximate surface area is 175 Å². The van der Waals surface area contributed by atoms with Crippen LogP contribution in [0.2, 0.25) is 0 Å². The highest BCUT2D eigenvalue weighted by atomic mass is 16.5. The molecule has 2 aromatic heterocycles. The average Bonchev–Trinajstić information content (AvgIpc) is 3.26. The lowest BCUT2D eigenvalue weighted by molar-refractivity contribution is 0.0376. The molecule has 0 aliphatic heterocycles. The van der Waals surface area contributed by atoms with Gasteiger partial charge >= 0.3 is 5.97 Å². The van der Waals surface area contributed by atoms with Crippen LogP contribution < -0.4 is 5.32 Å². The van der Waals surface area contributed by atoms with Crippen molar-refractivity contribution in [2.75, 3.05) is 6.54 Å². The molecule has 1 aromatic carbocycles. The van der Waals surface area contributed by atoms with Gasteiger partial charge in [-0.05, 0) is 52.3 Å². The number of aryl methyl sites for hydroxylation is 2. The van der Waals surface area contributed by atoms with Gasteiger partial charge in [0, 0.05) is 24.2 Å². The molecule has 0 bridgehead atoms. The number of carbonyl (C=O) groups is 2. The summed E-state index contributed by atoms with van der Waals surface area (Å²) in [5.74, 6) is -0.150. The van der Waals surface area contributed by atoms with Gasteiger partial charge in [0.1, 0.15) is 12.0 Å². The Morgan fingerprint density at radius 3 is 2.53 bits per heavy atom. The van der Waals surface area contributed by atoms with Gasteiger partial charge in [-0.2, -0.15) is 0 Å². The number of oxazole rings is 1. The molecule has 0 aliphatic rings. The van der Waals surface area contributed by atoms with Crippen molar-refractivity contribution < 1.29 is 18.7 Å². The van der Waals surface area contributed by atoms with E-state index in [1.807, 2.05) is 31.2 Å². The number of nitrogens with one attached hydrogen (secondary N) is 2. The summed E-state index contributed by atoms with van der Waals surface area (Å²) in [6.07, 6.45) is 1.91. The maximum atomic E-state index is 12.6. The molecule has 1 amide bonds. The van der Waals surface area contributed by atoms with E-state index in [0.717, 1.165) is 11.3 Å². The summed E-state index contributed by atoms with van der Waals surface area (Å²) in [7, 11) is 0. The number of aromatic nitrogens is 2. The van der Waals surface area contributed by atoms with Crippen LogP contribution in [0.5, 0.6) is 0 Å². The first kappa shape index (κ1) is 21.4. The minimum absolute atomic E-state index is 0.226. The van der Waals surface area contributed by atoms with Gasteiger partial charge in [0.05, 0.1) is 17.4 Å². The molecular weight excluding hydrogens is 382 g/mol. The van der Waals surface area contributed by atoms with E-state index in [-0.39, 0.29) is 12.0 Å². The number of amides is 1. The molecule has 7 nitrogen and oxygen atoms in total. The molecule has 2 heterocycles. The molecule has 7 heteroatoms. The largest absolute Gasteiger partial charge is 0.459 e. The highest BCUT2D eigenvalue weighted by molar-refractivity contribution is 6.00. The van der Waals surface area contributed by atoms with Gasteiger partial charge in [0.25, 0.3) is 5.91 Å². The van der Waals surface area contributed by atoms with E-state index in [0.29, 0.717) is 41.4 Å². The van der Waals surface area contributed by atoms with Crippen LogP contribution in [0.15, 0.2) is 34.9 Å². The van der Waals surface area contributed by atoms with Crippen LogP contribution in [0.3, 0.4) is 0 Å². The minimum atomic E-state index is -0.429. The van der Waals surface area contributed by atoms with Crippen molar-refractivity contribution in [3.63, 3.8) is 0 Å². The Kier molecular flexibility index (Phi) is 6.40. The standard InChI is InChI=1S/C23H27N3O4/c1-13(2)30-23(28)19-15(4)20(25-16(19)5)21(27)24-11-10-18-12-29-22(26-18)17-8-6-14(3)7-9-17/h6-9,12-13,25H,10-11H2,1-5H3,(H,24,27). The third kappa shape index (κ3) is 4.79. The number of rotatable bonds is 7. The van der Waals surface area contributed by atoms with Gasteiger partial charge in [-0.15, -0.1) is 0 Å². The molecule has 0 saturated carbocycles. The van der Waals surface area contributed by atoms with Crippen LogP contribution in [0.25, 0.3) is 11.5 Å². The summed E-state index contributed by atoms with van der Waals surface area (Å²) >= 11 is 0. The molecule has 0 aliphatic carbocycles. The lowest BCUT2D eigenvalue weighted by Gasteiger charge is -2.08. The zero-order valence-electron chi connectivity index (χ0n) is 18.0. The molecule has 0 unspecified atom stereocenters. The number of hydrogen-bond acceptors (Lipinski definition) is 5. The predicted molar refractivity (Wildman–Crippen MR) is 114 cm³/mol. The molecule has 0 radical (unpaired) electrons. The molecule has 158 valence electrons. The summed E-state index contributed by atoms with van der Waals surface area (Å²) in [5, 5.41) is 2.86. The van der Waals surface area contributed by atoms with Crippen molar-refractivity contribution in [3.05, 3.63) is 64.3 Å². The van der Waals surface area contributed by atoms with Crippen LogP contribution >= 0.6 is 0 Å². The number of carbonyl (C=O) groups excluding carboxylic acids is 2. The van der Waals surface area contributed by atoms with Gasteiger partial charge in [-0.3, -0.25) is 4.79 Å². The lowest BCUT2D eigenvalue weighted by Crippen LogP contribution is -2.26. The Morgan fingerprint density at radius 1 is 1.17 bits per heavy atom. The Hall–Kier alpha value is -3.35. The smallest absolute Gasteiger partial charge is 0.340 e. The molecule has 3 rings (SSSR count). The zero-order valence-corrected chi connectivity index (χ0v) is 18.0. The molecule has 0 saturated heterocycles. The first-order chi connectivity index (χ1) is 14.3. The van der Waals surface area contributed by atoms with Gasteiger partial charge < -0.3 is 19.5 Å². The summed E-state index contributed by atoms with van der Waals surface area (Å²) in [5.41, 5.74) is 4.81.